The third kappa shape index (κ3) is 3.08. The molecule has 2 amide bonds. The molecule has 122 valence electrons. The molecule has 6 heteroatoms. The molecule has 2 saturated carbocycles. The van der Waals surface area contributed by atoms with Crippen LogP contribution in [0, 0.1) is 17.3 Å². The Morgan fingerprint density at radius 1 is 1.13 bits per heavy atom. The zero-order chi connectivity index (χ0) is 15.9. The summed E-state index contributed by atoms with van der Waals surface area (Å²) in [6, 6.07) is 3.54. The lowest BCUT2D eigenvalue weighted by Crippen LogP contribution is -2.31. The van der Waals surface area contributed by atoms with Crippen LogP contribution in [0.5, 0.6) is 0 Å². The molecule has 0 radical (unpaired) electrons. The fraction of sp³-hybridized carbons (Fsp3) is 0.588. The first-order valence-electron chi connectivity index (χ1n) is 8.45. The Morgan fingerprint density at radius 2 is 1.91 bits per heavy atom. The van der Waals surface area contributed by atoms with Crippen LogP contribution in [-0.2, 0) is 9.59 Å². The number of nitrogens with one attached hydrogen (secondary N) is 3. The first-order valence-corrected chi connectivity index (χ1v) is 8.45. The van der Waals surface area contributed by atoms with E-state index in [4.69, 9.17) is 0 Å². The number of piperidine rings is 1. The van der Waals surface area contributed by atoms with E-state index in [2.05, 4.69) is 20.9 Å². The van der Waals surface area contributed by atoms with Crippen molar-refractivity contribution >= 4 is 23.3 Å². The lowest BCUT2D eigenvalue weighted by molar-refractivity contribution is -0.118. The van der Waals surface area contributed by atoms with Crippen molar-refractivity contribution in [3.8, 4) is 0 Å². The van der Waals surface area contributed by atoms with E-state index < -0.39 is 0 Å². The van der Waals surface area contributed by atoms with E-state index in [9.17, 15) is 9.59 Å². The maximum Gasteiger partial charge on any atom is 0.228 e. The molecule has 3 N–H and O–H groups in total. The molecule has 0 aromatic carbocycles. The number of nitrogens with zero attached hydrogens (tertiary/aromatic N) is 1. The van der Waals surface area contributed by atoms with Crippen LogP contribution in [0.2, 0.25) is 0 Å². The van der Waals surface area contributed by atoms with Gasteiger partial charge in [-0.25, -0.2) is 4.98 Å². The fourth-order valence-electron chi connectivity index (χ4n) is 3.54. The number of anilines is 2. The lowest BCUT2D eigenvalue weighted by Gasteiger charge is -2.23. The van der Waals surface area contributed by atoms with E-state index in [1.807, 2.05) is 0 Å². The van der Waals surface area contributed by atoms with Gasteiger partial charge in [-0.05, 0) is 62.7 Å². The van der Waals surface area contributed by atoms with E-state index in [1.165, 1.54) is 0 Å². The highest BCUT2D eigenvalue weighted by atomic mass is 16.2. The SMILES string of the molecule is O=C(Nc1ccc(NC(=O)C2CC23CCNCC3)cn1)C1CC1. The zero-order valence-corrected chi connectivity index (χ0v) is 13.1. The Kier molecular flexibility index (Phi) is 3.56. The summed E-state index contributed by atoms with van der Waals surface area (Å²) in [5.41, 5.74) is 0.927. The molecule has 1 aromatic rings. The highest BCUT2D eigenvalue weighted by Gasteiger charge is 2.57. The quantitative estimate of drug-likeness (QED) is 0.791. The minimum Gasteiger partial charge on any atom is -0.324 e. The second kappa shape index (κ2) is 5.60. The Hall–Kier alpha value is -1.95. The van der Waals surface area contributed by atoms with Crippen molar-refractivity contribution in [3.63, 3.8) is 0 Å². The topological polar surface area (TPSA) is 83.1 Å². The third-order valence-electron chi connectivity index (χ3n) is 5.34. The highest BCUT2D eigenvalue weighted by Crippen LogP contribution is 2.58. The number of carbonyl (C=O) groups excluding carboxylic acids is 2. The fourth-order valence-corrected chi connectivity index (χ4v) is 3.54. The standard InChI is InChI=1S/C17H22N4O2/c22-15(11-1-2-11)21-14-4-3-12(10-19-14)20-16(23)13-9-17(13)5-7-18-8-6-17/h3-4,10-11,13,18H,1-2,5-9H2,(H,20,23)(H,19,21,22). The van der Waals surface area contributed by atoms with E-state index in [0.717, 1.165) is 45.2 Å². The summed E-state index contributed by atoms with van der Waals surface area (Å²) in [5.74, 6) is 0.982. The number of aromatic nitrogens is 1. The average Bonchev–Trinajstić information content (AvgIpc) is 3.46. The number of carbonyl (C=O) groups is 2. The van der Waals surface area contributed by atoms with Crippen molar-refractivity contribution in [1.82, 2.24) is 10.3 Å². The van der Waals surface area contributed by atoms with E-state index in [1.54, 1.807) is 18.3 Å². The molecule has 1 aliphatic heterocycles. The third-order valence-corrected chi connectivity index (χ3v) is 5.34. The minimum absolute atomic E-state index is 0.0418. The molecule has 1 saturated heterocycles. The Bertz CT molecular complexity index is 618. The largest absolute Gasteiger partial charge is 0.324 e. The van der Waals surface area contributed by atoms with Gasteiger partial charge < -0.3 is 16.0 Å². The molecule has 4 rings (SSSR count). The predicted molar refractivity (Wildman–Crippen MR) is 86.9 cm³/mol. The molecular weight excluding hydrogens is 292 g/mol. The van der Waals surface area contributed by atoms with Gasteiger partial charge in [0.25, 0.3) is 0 Å². The van der Waals surface area contributed by atoms with E-state index in [0.29, 0.717) is 11.5 Å². The normalized spacial score (nSPS) is 25.0. The highest BCUT2D eigenvalue weighted by molar-refractivity contribution is 5.96. The molecule has 6 nitrogen and oxygen atoms in total. The summed E-state index contributed by atoms with van der Waals surface area (Å²) >= 11 is 0. The number of rotatable bonds is 4. The van der Waals surface area contributed by atoms with Gasteiger partial charge in [0.1, 0.15) is 5.82 Å². The van der Waals surface area contributed by atoms with Gasteiger partial charge in [-0.3, -0.25) is 9.59 Å². The van der Waals surface area contributed by atoms with Gasteiger partial charge in [-0.2, -0.15) is 0 Å². The molecule has 0 bridgehead atoms. The Balaban J connectivity index is 1.32. The first-order chi connectivity index (χ1) is 11.2. The monoisotopic (exact) mass is 314 g/mol. The second-order valence-electron chi connectivity index (χ2n) is 7.05. The van der Waals surface area contributed by atoms with Crippen molar-refractivity contribution in [2.75, 3.05) is 23.7 Å². The van der Waals surface area contributed by atoms with Crippen molar-refractivity contribution < 1.29 is 9.59 Å². The molecule has 3 aliphatic rings. The molecule has 2 heterocycles. The zero-order valence-electron chi connectivity index (χ0n) is 13.1. The summed E-state index contributed by atoms with van der Waals surface area (Å²) in [6.07, 6.45) is 6.74. The number of hydrogen-bond donors (Lipinski definition) is 3. The van der Waals surface area contributed by atoms with Crippen molar-refractivity contribution in [2.45, 2.75) is 32.1 Å². The smallest absolute Gasteiger partial charge is 0.228 e. The van der Waals surface area contributed by atoms with Gasteiger partial charge in [0.05, 0.1) is 11.9 Å². The number of pyridine rings is 1. The first kappa shape index (κ1) is 14.6. The van der Waals surface area contributed by atoms with Gasteiger partial charge >= 0.3 is 0 Å². The Morgan fingerprint density at radius 3 is 2.57 bits per heavy atom. The summed E-state index contributed by atoms with van der Waals surface area (Å²) in [5, 5.41) is 9.10. The van der Waals surface area contributed by atoms with Crippen LogP contribution in [0.3, 0.4) is 0 Å². The van der Waals surface area contributed by atoms with Crippen LogP contribution < -0.4 is 16.0 Å². The van der Waals surface area contributed by atoms with Gasteiger partial charge in [0.15, 0.2) is 0 Å². The molecule has 3 fully saturated rings. The van der Waals surface area contributed by atoms with Crippen LogP contribution in [0.25, 0.3) is 0 Å². The lowest BCUT2D eigenvalue weighted by atomic mass is 9.92. The van der Waals surface area contributed by atoms with Gasteiger partial charge in [0.2, 0.25) is 11.8 Å². The molecule has 1 atom stereocenters. The Labute approximate surface area is 135 Å². The average molecular weight is 314 g/mol. The molecule has 1 unspecified atom stereocenters. The van der Waals surface area contributed by atoms with Crippen LogP contribution in [0.1, 0.15) is 32.1 Å². The maximum absolute atomic E-state index is 12.4. The van der Waals surface area contributed by atoms with Crippen molar-refractivity contribution in [2.24, 2.45) is 17.3 Å². The molecule has 2 aliphatic carbocycles. The maximum atomic E-state index is 12.4. The summed E-state index contributed by atoms with van der Waals surface area (Å²) in [6.45, 7) is 2.03. The molecule has 1 aromatic heterocycles. The van der Waals surface area contributed by atoms with Crippen LogP contribution in [0.15, 0.2) is 18.3 Å². The van der Waals surface area contributed by atoms with Crippen LogP contribution in [0.4, 0.5) is 11.5 Å². The minimum atomic E-state index is 0.0418. The second-order valence-corrected chi connectivity index (χ2v) is 7.05. The molecule has 23 heavy (non-hydrogen) atoms. The van der Waals surface area contributed by atoms with E-state index >= 15 is 0 Å². The van der Waals surface area contributed by atoms with Crippen molar-refractivity contribution in [1.29, 1.82) is 0 Å². The summed E-state index contributed by atoms with van der Waals surface area (Å²) < 4.78 is 0. The summed E-state index contributed by atoms with van der Waals surface area (Å²) in [7, 11) is 0. The van der Waals surface area contributed by atoms with Crippen LogP contribution >= 0.6 is 0 Å². The number of hydrogen-bond acceptors (Lipinski definition) is 4. The van der Waals surface area contributed by atoms with Crippen LogP contribution in [-0.4, -0.2) is 29.9 Å². The predicted octanol–water partition coefficient (Wildman–Crippen LogP) is 1.76. The van der Waals surface area contributed by atoms with Gasteiger partial charge in [-0.1, -0.05) is 0 Å². The summed E-state index contributed by atoms with van der Waals surface area (Å²) in [4.78, 5) is 28.3. The molecule has 1 spiro atoms. The molecular formula is C17H22N4O2. The number of amides is 2. The van der Waals surface area contributed by atoms with E-state index in [-0.39, 0.29) is 29.1 Å². The van der Waals surface area contributed by atoms with Gasteiger partial charge in [0, 0.05) is 11.8 Å². The van der Waals surface area contributed by atoms with Gasteiger partial charge in [-0.15, -0.1) is 0 Å². The van der Waals surface area contributed by atoms with Crippen molar-refractivity contribution in [3.05, 3.63) is 18.3 Å².